The molecule has 2 aromatic carbocycles. The molecule has 0 fully saturated rings. The summed E-state index contributed by atoms with van der Waals surface area (Å²) in [6.45, 7) is -3.32. The normalized spacial score (nSPS) is 11.8. The fourth-order valence-electron chi connectivity index (χ4n) is 2.97. The first kappa shape index (κ1) is 20.5. The fraction of sp³-hybridized carbons (Fsp3) is 0.150. The number of fused-ring (bicyclic) bond motifs is 1. The number of aromatic nitrogens is 4. The Morgan fingerprint density at radius 3 is 2.39 bits per heavy atom. The van der Waals surface area contributed by atoms with E-state index in [2.05, 4.69) is 19.9 Å². The lowest BCUT2D eigenvalue weighted by Crippen LogP contribution is -2.11. The van der Waals surface area contributed by atoms with Crippen molar-refractivity contribution in [1.82, 2.24) is 19.6 Å². The quantitative estimate of drug-likeness (QED) is 0.399. The van der Waals surface area contributed by atoms with Crippen LogP contribution in [0.5, 0.6) is 11.6 Å². The zero-order valence-electron chi connectivity index (χ0n) is 15.6. The first-order valence-electron chi connectivity index (χ1n) is 8.85. The van der Waals surface area contributed by atoms with Gasteiger partial charge in [-0.25, -0.2) is 4.40 Å². The summed E-state index contributed by atoms with van der Waals surface area (Å²) in [6, 6.07) is 10.8. The lowest BCUT2D eigenvalue weighted by atomic mass is 10.1. The Bertz CT molecular complexity index is 1190. The van der Waals surface area contributed by atoms with Crippen LogP contribution in [0.2, 0.25) is 0 Å². The van der Waals surface area contributed by atoms with E-state index in [0.29, 0.717) is 17.0 Å². The Balaban J connectivity index is 1.66. The highest BCUT2D eigenvalue weighted by Crippen LogP contribution is 2.32. The SMILES string of the molecule is FC(F)Oc1ccc(-c2nnc3cncc(OCc4ccccc4C(F)(F)F)n23)cc1. The van der Waals surface area contributed by atoms with Crippen LogP contribution < -0.4 is 9.47 Å². The fourth-order valence-corrected chi connectivity index (χ4v) is 2.97. The third kappa shape index (κ3) is 4.39. The van der Waals surface area contributed by atoms with Crippen molar-refractivity contribution in [3.63, 3.8) is 0 Å². The molecule has 4 aromatic rings. The smallest absolute Gasteiger partial charge is 0.416 e. The molecule has 2 aromatic heterocycles. The molecule has 0 unspecified atom stereocenters. The van der Waals surface area contributed by atoms with Crippen LogP contribution in [-0.4, -0.2) is 26.2 Å². The molecule has 4 rings (SSSR count). The number of alkyl halides is 5. The Morgan fingerprint density at radius 2 is 1.68 bits per heavy atom. The number of rotatable bonds is 6. The number of halogens is 5. The van der Waals surface area contributed by atoms with Crippen LogP contribution in [0.25, 0.3) is 17.0 Å². The number of hydrogen-bond acceptors (Lipinski definition) is 5. The van der Waals surface area contributed by atoms with Crippen molar-refractivity contribution in [2.75, 3.05) is 0 Å². The van der Waals surface area contributed by atoms with E-state index in [1.165, 1.54) is 59.3 Å². The molecule has 11 heteroatoms. The standard InChI is InChI=1S/C20H13F5N4O2/c21-19(22)31-14-7-5-12(6-8-14)18-28-27-16-9-26-10-17(29(16)18)30-11-13-3-1-2-4-15(13)20(23,24)25/h1-10,19H,11H2. The van der Waals surface area contributed by atoms with E-state index in [1.807, 2.05) is 0 Å². The van der Waals surface area contributed by atoms with Gasteiger partial charge in [-0.15, -0.1) is 10.2 Å². The lowest BCUT2D eigenvalue weighted by molar-refractivity contribution is -0.138. The van der Waals surface area contributed by atoms with Crippen molar-refractivity contribution < 1.29 is 31.4 Å². The summed E-state index contributed by atoms with van der Waals surface area (Å²) in [5.74, 6) is 0.372. The molecule has 0 atom stereocenters. The van der Waals surface area contributed by atoms with Crippen LogP contribution in [0.3, 0.4) is 0 Å². The molecule has 160 valence electrons. The average Bonchev–Trinajstić information content (AvgIpc) is 3.17. The molecule has 0 saturated heterocycles. The highest BCUT2D eigenvalue weighted by Gasteiger charge is 2.33. The Labute approximate surface area is 171 Å². The molecular formula is C20H13F5N4O2. The average molecular weight is 436 g/mol. The maximum Gasteiger partial charge on any atom is 0.416 e. The molecule has 0 saturated carbocycles. The molecule has 0 spiro atoms. The minimum atomic E-state index is -4.52. The summed E-state index contributed by atoms with van der Waals surface area (Å²) >= 11 is 0. The number of nitrogens with zero attached hydrogens (tertiary/aromatic N) is 4. The van der Waals surface area contributed by atoms with Gasteiger partial charge in [0.25, 0.3) is 0 Å². The number of ether oxygens (including phenoxy) is 2. The van der Waals surface area contributed by atoms with E-state index in [9.17, 15) is 22.0 Å². The molecule has 0 N–H and O–H groups in total. The Hall–Kier alpha value is -3.76. The van der Waals surface area contributed by atoms with Crippen LogP contribution in [0.1, 0.15) is 11.1 Å². The summed E-state index contributed by atoms with van der Waals surface area (Å²) in [6.07, 6.45) is -1.79. The summed E-state index contributed by atoms with van der Waals surface area (Å²) < 4.78 is 75.8. The van der Waals surface area contributed by atoms with Crippen LogP contribution >= 0.6 is 0 Å². The van der Waals surface area contributed by atoms with Crippen molar-refractivity contribution in [3.05, 3.63) is 72.1 Å². The molecule has 31 heavy (non-hydrogen) atoms. The molecule has 0 amide bonds. The molecular weight excluding hydrogens is 423 g/mol. The first-order valence-corrected chi connectivity index (χ1v) is 8.85. The van der Waals surface area contributed by atoms with E-state index < -0.39 is 18.4 Å². The maximum absolute atomic E-state index is 13.2. The van der Waals surface area contributed by atoms with Gasteiger partial charge in [0, 0.05) is 11.1 Å². The molecule has 0 aliphatic carbocycles. The molecule has 6 nitrogen and oxygen atoms in total. The van der Waals surface area contributed by atoms with Gasteiger partial charge in [-0.2, -0.15) is 22.0 Å². The Morgan fingerprint density at radius 1 is 0.935 bits per heavy atom. The van der Waals surface area contributed by atoms with Gasteiger partial charge in [-0.1, -0.05) is 18.2 Å². The van der Waals surface area contributed by atoms with Crippen molar-refractivity contribution in [2.45, 2.75) is 19.4 Å². The molecule has 0 bridgehead atoms. The summed E-state index contributed by atoms with van der Waals surface area (Å²) in [7, 11) is 0. The van der Waals surface area contributed by atoms with Gasteiger partial charge in [-0.05, 0) is 30.3 Å². The second kappa shape index (κ2) is 8.17. The van der Waals surface area contributed by atoms with Gasteiger partial charge < -0.3 is 9.47 Å². The zero-order valence-corrected chi connectivity index (χ0v) is 15.6. The van der Waals surface area contributed by atoms with E-state index in [4.69, 9.17) is 4.74 Å². The van der Waals surface area contributed by atoms with Crippen molar-refractivity contribution >= 4 is 5.65 Å². The van der Waals surface area contributed by atoms with Crippen molar-refractivity contribution in [3.8, 4) is 23.0 Å². The molecule has 2 heterocycles. The Kier molecular flexibility index (Phi) is 5.40. The van der Waals surface area contributed by atoms with Crippen LogP contribution in [0.4, 0.5) is 22.0 Å². The van der Waals surface area contributed by atoms with Crippen LogP contribution in [-0.2, 0) is 12.8 Å². The van der Waals surface area contributed by atoms with E-state index in [1.54, 1.807) is 0 Å². The first-order chi connectivity index (χ1) is 14.8. The van der Waals surface area contributed by atoms with Gasteiger partial charge in [0.05, 0.1) is 18.0 Å². The predicted octanol–water partition coefficient (Wildman–Crippen LogP) is 4.99. The van der Waals surface area contributed by atoms with Crippen molar-refractivity contribution in [1.29, 1.82) is 0 Å². The molecule has 0 aliphatic heterocycles. The number of hydrogen-bond donors (Lipinski definition) is 0. The van der Waals surface area contributed by atoms with Crippen LogP contribution in [0, 0.1) is 0 Å². The monoisotopic (exact) mass is 436 g/mol. The third-order valence-corrected chi connectivity index (χ3v) is 4.32. The molecule has 0 radical (unpaired) electrons. The minimum Gasteiger partial charge on any atom is -0.473 e. The van der Waals surface area contributed by atoms with Gasteiger partial charge >= 0.3 is 12.8 Å². The van der Waals surface area contributed by atoms with Gasteiger partial charge in [-0.3, -0.25) is 4.98 Å². The van der Waals surface area contributed by atoms with E-state index in [-0.39, 0.29) is 23.8 Å². The second-order valence-corrected chi connectivity index (χ2v) is 6.31. The topological polar surface area (TPSA) is 61.5 Å². The van der Waals surface area contributed by atoms with Gasteiger partial charge in [0.2, 0.25) is 5.88 Å². The van der Waals surface area contributed by atoms with E-state index in [0.717, 1.165) is 6.07 Å². The summed E-state index contributed by atoms with van der Waals surface area (Å²) in [4.78, 5) is 3.98. The van der Waals surface area contributed by atoms with Crippen molar-refractivity contribution in [2.24, 2.45) is 0 Å². The van der Waals surface area contributed by atoms with Gasteiger partial charge in [0.15, 0.2) is 11.5 Å². The largest absolute Gasteiger partial charge is 0.473 e. The summed E-state index contributed by atoms with van der Waals surface area (Å²) in [5, 5.41) is 8.03. The lowest BCUT2D eigenvalue weighted by Gasteiger charge is -2.14. The molecule has 0 aliphatic rings. The predicted molar refractivity (Wildman–Crippen MR) is 98.6 cm³/mol. The third-order valence-electron chi connectivity index (χ3n) is 4.32. The maximum atomic E-state index is 13.2. The number of benzene rings is 2. The summed E-state index contributed by atoms with van der Waals surface area (Å²) in [5.41, 5.74) is -0.0470. The van der Waals surface area contributed by atoms with Gasteiger partial charge in [0.1, 0.15) is 12.4 Å². The van der Waals surface area contributed by atoms with Crippen LogP contribution in [0.15, 0.2) is 60.9 Å². The zero-order chi connectivity index (χ0) is 22.0. The highest BCUT2D eigenvalue weighted by molar-refractivity contribution is 5.61. The highest BCUT2D eigenvalue weighted by atomic mass is 19.4. The van der Waals surface area contributed by atoms with E-state index >= 15 is 0 Å². The minimum absolute atomic E-state index is 0.0329. The second-order valence-electron chi connectivity index (χ2n) is 6.31.